The lowest BCUT2D eigenvalue weighted by Crippen LogP contribution is -1.58. The Morgan fingerprint density at radius 1 is 1.86 bits per heavy atom. The van der Waals surface area contributed by atoms with E-state index in [1.54, 1.807) is 13.0 Å². The van der Waals surface area contributed by atoms with Crippen LogP contribution in [0, 0.1) is 4.91 Å². The summed E-state index contributed by atoms with van der Waals surface area (Å²) >= 11 is 0. The zero-order valence-corrected chi connectivity index (χ0v) is 4.22. The van der Waals surface area contributed by atoms with Gasteiger partial charge < -0.3 is 0 Å². The predicted molar refractivity (Wildman–Crippen MR) is 29.7 cm³/mol. The number of hydrogen-bond acceptors (Lipinski definition) is 2. The smallest absolute Gasteiger partial charge is 0.0817 e. The van der Waals surface area contributed by atoms with Crippen LogP contribution >= 0.6 is 0 Å². The van der Waals surface area contributed by atoms with Crippen LogP contribution in [0.4, 0.5) is 0 Å². The van der Waals surface area contributed by atoms with E-state index in [1.165, 1.54) is 6.08 Å². The second-order valence-electron chi connectivity index (χ2n) is 1.14. The quantitative estimate of drug-likeness (QED) is 0.382. The van der Waals surface area contributed by atoms with E-state index in [0.29, 0.717) is 5.70 Å². The maximum Gasteiger partial charge on any atom is 0.0817 e. The summed E-state index contributed by atoms with van der Waals surface area (Å²) in [7, 11) is 0. The molecule has 0 atom stereocenters. The molecule has 0 aliphatic carbocycles. The highest BCUT2D eigenvalue weighted by Crippen LogP contribution is 1.90. The van der Waals surface area contributed by atoms with Gasteiger partial charge in [-0.15, -0.1) is 4.91 Å². The first-order valence-corrected chi connectivity index (χ1v) is 1.94. The molecule has 0 aromatic carbocycles. The van der Waals surface area contributed by atoms with E-state index in [0.717, 1.165) is 0 Å². The molecule has 0 saturated carbocycles. The molecule has 2 heteroatoms. The predicted octanol–water partition coefficient (Wildman–Crippen LogP) is 1.84. The van der Waals surface area contributed by atoms with Crippen LogP contribution in [-0.2, 0) is 0 Å². The molecule has 0 rings (SSSR count). The molecule has 38 valence electrons. The third-order valence-electron chi connectivity index (χ3n) is 0.503. The van der Waals surface area contributed by atoms with E-state index in [1.807, 2.05) is 0 Å². The van der Waals surface area contributed by atoms with Gasteiger partial charge in [0.2, 0.25) is 0 Å². The Kier molecular flexibility index (Phi) is 2.85. The second-order valence-corrected chi connectivity index (χ2v) is 1.14. The Labute approximate surface area is 42.5 Å². The van der Waals surface area contributed by atoms with Crippen molar-refractivity contribution in [2.75, 3.05) is 0 Å². The fraction of sp³-hybridized carbons (Fsp3) is 0.200. The topological polar surface area (TPSA) is 29.4 Å². The molecule has 0 unspecified atom stereocenters. The van der Waals surface area contributed by atoms with Gasteiger partial charge in [0.05, 0.1) is 5.70 Å². The van der Waals surface area contributed by atoms with Crippen molar-refractivity contribution in [3.8, 4) is 0 Å². The van der Waals surface area contributed by atoms with Gasteiger partial charge in [-0.05, 0) is 18.2 Å². The maximum absolute atomic E-state index is 9.53. The van der Waals surface area contributed by atoms with Crippen molar-refractivity contribution >= 4 is 0 Å². The lowest BCUT2D eigenvalue weighted by molar-refractivity contribution is 1.29. The molecule has 0 radical (unpaired) electrons. The Morgan fingerprint density at radius 2 is 2.43 bits per heavy atom. The molecule has 0 aliphatic rings. The average Bonchev–Trinajstić information content (AvgIpc) is 1.68. The van der Waals surface area contributed by atoms with Crippen LogP contribution in [0.1, 0.15) is 6.92 Å². The molecule has 2 nitrogen and oxygen atoms in total. The number of rotatable bonds is 2. The highest BCUT2D eigenvalue weighted by atomic mass is 16.3. The number of nitrogens with zero attached hydrogens (tertiary/aromatic N) is 1. The van der Waals surface area contributed by atoms with Crippen molar-refractivity contribution in [3.63, 3.8) is 0 Å². The van der Waals surface area contributed by atoms with E-state index in [2.05, 4.69) is 11.8 Å². The molecular formula is C5H7NO. The fourth-order valence-electron chi connectivity index (χ4n) is 0.201. The van der Waals surface area contributed by atoms with Crippen molar-refractivity contribution < 1.29 is 0 Å². The summed E-state index contributed by atoms with van der Waals surface area (Å²) in [5, 5.41) is 2.62. The van der Waals surface area contributed by atoms with Crippen LogP contribution in [0.5, 0.6) is 0 Å². The van der Waals surface area contributed by atoms with Crippen LogP contribution in [0.25, 0.3) is 0 Å². The van der Waals surface area contributed by atoms with Crippen molar-refractivity contribution in [3.05, 3.63) is 29.3 Å². The lowest BCUT2D eigenvalue weighted by atomic mass is 10.4. The Hall–Kier alpha value is -0.920. The van der Waals surface area contributed by atoms with E-state index < -0.39 is 0 Å². The normalized spacial score (nSPS) is 10.7. The van der Waals surface area contributed by atoms with Crippen LogP contribution < -0.4 is 0 Å². The average molecular weight is 97.1 g/mol. The zero-order chi connectivity index (χ0) is 5.70. The highest BCUT2D eigenvalue weighted by molar-refractivity contribution is 5.05. The Balaban J connectivity index is 3.72. The largest absolute Gasteiger partial charge is 0.145 e. The van der Waals surface area contributed by atoms with Crippen LogP contribution in [0.2, 0.25) is 0 Å². The molecule has 0 fully saturated rings. The molecular weight excluding hydrogens is 90.1 g/mol. The molecule has 0 saturated heterocycles. The van der Waals surface area contributed by atoms with Crippen LogP contribution in [0.15, 0.2) is 29.6 Å². The molecule has 0 aromatic heterocycles. The van der Waals surface area contributed by atoms with Gasteiger partial charge in [-0.3, -0.25) is 0 Å². The van der Waals surface area contributed by atoms with Crippen molar-refractivity contribution in [1.29, 1.82) is 0 Å². The first-order chi connectivity index (χ1) is 3.31. The number of allylic oxidation sites excluding steroid dienone is 3. The summed E-state index contributed by atoms with van der Waals surface area (Å²) in [4.78, 5) is 9.53. The van der Waals surface area contributed by atoms with Crippen molar-refractivity contribution in [2.24, 2.45) is 5.18 Å². The van der Waals surface area contributed by atoms with Gasteiger partial charge in [-0.1, -0.05) is 12.7 Å². The third-order valence-corrected chi connectivity index (χ3v) is 0.503. The lowest BCUT2D eigenvalue weighted by Gasteiger charge is -1.74. The standard InChI is InChI=1S/C5H7NO/c1-3-4-5(2)6-7/h3-4H,1H2,2H3/b5-4+. The van der Waals surface area contributed by atoms with E-state index in [-0.39, 0.29) is 0 Å². The summed E-state index contributed by atoms with van der Waals surface area (Å²) in [5.74, 6) is 0. The zero-order valence-electron chi connectivity index (χ0n) is 4.22. The monoisotopic (exact) mass is 97.1 g/mol. The Morgan fingerprint density at radius 3 is 2.57 bits per heavy atom. The minimum Gasteiger partial charge on any atom is -0.145 e. The van der Waals surface area contributed by atoms with Crippen molar-refractivity contribution in [2.45, 2.75) is 6.92 Å². The first kappa shape index (κ1) is 6.08. The van der Waals surface area contributed by atoms with E-state index in [9.17, 15) is 4.91 Å². The fourth-order valence-corrected chi connectivity index (χ4v) is 0.201. The molecule has 0 aromatic rings. The summed E-state index contributed by atoms with van der Waals surface area (Å²) < 4.78 is 0. The van der Waals surface area contributed by atoms with Gasteiger partial charge in [0, 0.05) is 0 Å². The summed E-state index contributed by atoms with van der Waals surface area (Å²) in [5.41, 5.74) is 0.454. The molecule has 0 amide bonds. The third kappa shape index (κ3) is 2.89. The molecule has 0 spiro atoms. The second kappa shape index (κ2) is 3.28. The van der Waals surface area contributed by atoms with E-state index >= 15 is 0 Å². The number of nitroso groups, excluding NO2 is 1. The maximum atomic E-state index is 9.53. The van der Waals surface area contributed by atoms with Gasteiger partial charge in [0.15, 0.2) is 0 Å². The van der Waals surface area contributed by atoms with Crippen LogP contribution in [0.3, 0.4) is 0 Å². The molecule has 0 N–H and O–H groups in total. The Bertz CT molecular complexity index is 105. The molecule has 7 heavy (non-hydrogen) atoms. The number of hydrogen-bond donors (Lipinski definition) is 0. The van der Waals surface area contributed by atoms with Gasteiger partial charge in [-0.2, -0.15) is 0 Å². The van der Waals surface area contributed by atoms with Crippen LogP contribution in [-0.4, -0.2) is 0 Å². The summed E-state index contributed by atoms with van der Waals surface area (Å²) in [6.07, 6.45) is 3.07. The SMILES string of the molecule is C=C/C=C(\C)N=O. The summed E-state index contributed by atoms with van der Waals surface area (Å²) in [6, 6.07) is 0. The van der Waals surface area contributed by atoms with Gasteiger partial charge in [0.1, 0.15) is 0 Å². The molecule has 0 aliphatic heterocycles. The molecule has 0 heterocycles. The molecule has 0 bridgehead atoms. The first-order valence-electron chi connectivity index (χ1n) is 1.94. The van der Waals surface area contributed by atoms with Gasteiger partial charge in [-0.25, -0.2) is 0 Å². The minimum atomic E-state index is 0.454. The van der Waals surface area contributed by atoms with Crippen molar-refractivity contribution in [1.82, 2.24) is 0 Å². The van der Waals surface area contributed by atoms with E-state index in [4.69, 9.17) is 0 Å². The van der Waals surface area contributed by atoms with Gasteiger partial charge in [0.25, 0.3) is 0 Å². The highest BCUT2D eigenvalue weighted by Gasteiger charge is 1.75. The minimum absolute atomic E-state index is 0.454. The summed E-state index contributed by atoms with van der Waals surface area (Å²) in [6.45, 7) is 4.99. The van der Waals surface area contributed by atoms with Gasteiger partial charge >= 0.3 is 0 Å².